The molecule has 2 heterocycles. The first-order valence-electron chi connectivity index (χ1n) is 13.4. The average molecular weight is 555 g/mol. The second-order valence-electron chi connectivity index (χ2n) is 10.3. The summed E-state index contributed by atoms with van der Waals surface area (Å²) in [6.07, 6.45) is 3.61. The van der Waals surface area contributed by atoms with Gasteiger partial charge in [-0.3, -0.25) is 4.79 Å². The number of carbonyl (C=O) groups is 1. The molecule has 2 saturated heterocycles. The van der Waals surface area contributed by atoms with Crippen LogP contribution in [0.15, 0.2) is 72.8 Å². The van der Waals surface area contributed by atoms with Crippen molar-refractivity contribution in [3.8, 4) is 11.5 Å². The first-order chi connectivity index (χ1) is 18.5. The lowest BCUT2D eigenvalue weighted by atomic mass is 9.96. The van der Waals surface area contributed by atoms with Crippen LogP contribution in [0.4, 0.5) is 15.8 Å². The number of anilines is 2. The lowest BCUT2D eigenvalue weighted by molar-refractivity contribution is -0.137. The Kier molecular flexibility index (Phi) is 9.57. The fourth-order valence-electron chi connectivity index (χ4n) is 5.81. The molecule has 0 bridgehead atoms. The highest BCUT2D eigenvalue weighted by Crippen LogP contribution is 2.34. The van der Waals surface area contributed by atoms with Gasteiger partial charge >= 0.3 is 5.97 Å². The molecule has 0 aliphatic carbocycles. The van der Waals surface area contributed by atoms with Crippen molar-refractivity contribution >= 4 is 29.8 Å². The molecule has 1 N–H and O–H groups in total. The van der Waals surface area contributed by atoms with Crippen molar-refractivity contribution < 1.29 is 23.8 Å². The standard InChI is InChI=1S/C31H35FN2O4.ClH/c1-37-28-11-12-29(32)30(20-28)33-15-13-27(14-16-33)38-26-9-7-24(8-10-26)34-21-23(18-25(34)19-31(35)36)17-22-5-3-2-4-6-22;/h2-12,20,23,25,27H,13-19,21H2,1H3,(H,35,36);1H/t23-,25-;/m1./s1. The van der Waals surface area contributed by atoms with Gasteiger partial charge in [0.15, 0.2) is 0 Å². The van der Waals surface area contributed by atoms with Gasteiger partial charge in [-0.1, -0.05) is 30.3 Å². The van der Waals surface area contributed by atoms with E-state index in [0.29, 0.717) is 30.4 Å². The van der Waals surface area contributed by atoms with Crippen LogP contribution in [0.5, 0.6) is 11.5 Å². The van der Waals surface area contributed by atoms with Crippen molar-refractivity contribution in [3.63, 3.8) is 0 Å². The van der Waals surface area contributed by atoms with Crippen LogP contribution in [0.2, 0.25) is 0 Å². The highest BCUT2D eigenvalue weighted by atomic mass is 35.5. The zero-order valence-corrected chi connectivity index (χ0v) is 23.0. The van der Waals surface area contributed by atoms with Gasteiger partial charge in [0.05, 0.1) is 19.2 Å². The molecule has 0 amide bonds. The fraction of sp³-hybridized carbons (Fsp3) is 0.387. The smallest absolute Gasteiger partial charge is 0.305 e. The van der Waals surface area contributed by atoms with Gasteiger partial charge in [0.1, 0.15) is 23.4 Å². The van der Waals surface area contributed by atoms with Crippen molar-refractivity contribution in [2.45, 2.75) is 44.2 Å². The summed E-state index contributed by atoms with van der Waals surface area (Å²) < 4.78 is 25.9. The molecule has 2 aliphatic rings. The van der Waals surface area contributed by atoms with E-state index in [0.717, 1.165) is 43.7 Å². The normalized spacial score (nSPS) is 19.4. The number of carboxylic acids is 1. The molecular weight excluding hydrogens is 519 g/mol. The molecule has 2 aliphatic heterocycles. The Morgan fingerprint density at radius 1 is 1.00 bits per heavy atom. The number of hydrogen-bond donors (Lipinski definition) is 1. The van der Waals surface area contributed by atoms with Crippen LogP contribution in [0.25, 0.3) is 0 Å². The lowest BCUT2D eigenvalue weighted by Gasteiger charge is -2.34. The number of halogens is 2. The molecule has 5 rings (SSSR count). The van der Waals surface area contributed by atoms with E-state index in [1.54, 1.807) is 19.2 Å². The zero-order valence-electron chi connectivity index (χ0n) is 22.2. The summed E-state index contributed by atoms with van der Waals surface area (Å²) in [5.74, 6) is 0.858. The number of nitrogens with zero attached hydrogens (tertiary/aromatic N) is 2. The molecular formula is C31H36ClFN2O4. The van der Waals surface area contributed by atoms with Crippen LogP contribution in [0, 0.1) is 11.7 Å². The Morgan fingerprint density at radius 2 is 1.69 bits per heavy atom. The van der Waals surface area contributed by atoms with E-state index in [-0.39, 0.29) is 36.8 Å². The highest BCUT2D eigenvalue weighted by Gasteiger charge is 2.33. The van der Waals surface area contributed by atoms with Crippen LogP contribution >= 0.6 is 12.4 Å². The predicted octanol–water partition coefficient (Wildman–Crippen LogP) is 6.22. The van der Waals surface area contributed by atoms with Crippen LogP contribution in [-0.4, -0.2) is 50.0 Å². The second kappa shape index (κ2) is 13.1. The summed E-state index contributed by atoms with van der Waals surface area (Å²) in [5, 5.41) is 9.50. The largest absolute Gasteiger partial charge is 0.497 e. The summed E-state index contributed by atoms with van der Waals surface area (Å²) in [6.45, 7) is 2.26. The van der Waals surface area contributed by atoms with E-state index in [4.69, 9.17) is 9.47 Å². The molecule has 0 saturated carbocycles. The monoisotopic (exact) mass is 554 g/mol. The molecule has 2 atom stereocenters. The quantitative estimate of drug-likeness (QED) is 0.339. The average Bonchev–Trinajstić information content (AvgIpc) is 3.31. The Balaban J connectivity index is 0.00000353. The topological polar surface area (TPSA) is 62.2 Å². The van der Waals surface area contributed by atoms with Crippen LogP contribution in [0.1, 0.15) is 31.2 Å². The SMILES string of the molecule is COc1ccc(F)c(N2CCC(Oc3ccc(N4C[C@H](Cc5ccccc5)C[C@@H]4CC(=O)O)cc3)CC2)c1.Cl. The van der Waals surface area contributed by atoms with E-state index in [2.05, 4.69) is 29.2 Å². The van der Waals surface area contributed by atoms with Gasteiger partial charge in [-0.15, -0.1) is 12.4 Å². The van der Waals surface area contributed by atoms with E-state index < -0.39 is 5.97 Å². The summed E-state index contributed by atoms with van der Waals surface area (Å²) >= 11 is 0. The number of carboxylic acid groups (broad SMARTS) is 1. The first kappa shape index (κ1) is 28.6. The third kappa shape index (κ3) is 7.15. The third-order valence-corrected chi connectivity index (χ3v) is 7.69. The molecule has 39 heavy (non-hydrogen) atoms. The number of ether oxygens (including phenoxy) is 2. The molecule has 2 fully saturated rings. The fourth-order valence-corrected chi connectivity index (χ4v) is 5.81. The Morgan fingerprint density at radius 3 is 2.36 bits per heavy atom. The second-order valence-corrected chi connectivity index (χ2v) is 10.3. The van der Waals surface area contributed by atoms with Crippen molar-refractivity contribution in [3.05, 3.63) is 84.2 Å². The molecule has 0 aromatic heterocycles. The molecule has 0 radical (unpaired) electrons. The van der Waals surface area contributed by atoms with Crippen LogP contribution in [0.3, 0.4) is 0 Å². The number of aliphatic carboxylic acids is 1. The minimum Gasteiger partial charge on any atom is -0.497 e. The Bertz CT molecular complexity index is 1220. The number of benzene rings is 3. The van der Waals surface area contributed by atoms with Gasteiger partial charge in [-0.05, 0) is 60.7 Å². The maximum absolute atomic E-state index is 14.4. The lowest BCUT2D eigenvalue weighted by Crippen LogP contribution is -2.38. The Hall–Kier alpha value is -3.45. The first-order valence-corrected chi connectivity index (χ1v) is 13.4. The van der Waals surface area contributed by atoms with Gasteiger partial charge in [0, 0.05) is 50.3 Å². The Labute approximate surface area is 235 Å². The minimum absolute atomic E-state index is 0. The number of hydrogen-bond acceptors (Lipinski definition) is 5. The zero-order chi connectivity index (χ0) is 26.5. The van der Waals surface area contributed by atoms with E-state index >= 15 is 0 Å². The number of methoxy groups -OCH3 is 1. The van der Waals surface area contributed by atoms with Crippen molar-refractivity contribution in [1.29, 1.82) is 0 Å². The molecule has 8 heteroatoms. The molecule has 0 spiro atoms. The molecule has 3 aromatic carbocycles. The maximum Gasteiger partial charge on any atom is 0.305 e. The third-order valence-electron chi connectivity index (χ3n) is 7.69. The van der Waals surface area contributed by atoms with Gasteiger partial charge in [-0.2, -0.15) is 0 Å². The van der Waals surface area contributed by atoms with Crippen LogP contribution < -0.4 is 19.3 Å². The van der Waals surface area contributed by atoms with Crippen molar-refractivity contribution in [1.82, 2.24) is 0 Å². The van der Waals surface area contributed by atoms with Crippen molar-refractivity contribution in [2.75, 3.05) is 36.5 Å². The van der Waals surface area contributed by atoms with Crippen LogP contribution in [-0.2, 0) is 11.2 Å². The summed E-state index contributed by atoms with van der Waals surface area (Å²) in [4.78, 5) is 15.8. The number of rotatable bonds is 9. The van der Waals surface area contributed by atoms with E-state index in [1.165, 1.54) is 11.6 Å². The molecule has 3 aromatic rings. The molecule has 0 unspecified atom stereocenters. The van der Waals surface area contributed by atoms with Gasteiger partial charge in [0.25, 0.3) is 0 Å². The molecule has 208 valence electrons. The maximum atomic E-state index is 14.4. The number of piperidine rings is 1. The summed E-state index contributed by atoms with van der Waals surface area (Å²) in [7, 11) is 1.58. The summed E-state index contributed by atoms with van der Waals surface area (Å²) in [5.41, 5.74) is 2.89. The minimum atomic E-state index is -0.763. The van der Waals surface area contributed by atoms with Crippen molar-refractivity contribution in [2.24, 2.45) is 5.92 Å². The van der Waals surface area contributed by atoms with Gasteiger partial charge in [0.2, 0.25) is 0 Å². The molecule has 6 nitrogen and oxygen atoms in total. The predicted molar refractivity (Wildman–Crippen MR) is 154 cm³/mol. The van der Waals surface area contributed by atoms with E-state index in [9.17, 15) is 14.3 Å². The highest BCUT2D eigenvalue weighted by molar-refractivity contribution is 5.85. The van der Waals surface area contributed by atoms with Gasteiger partial charge < -0.3 is 24.4 Å². The van der Waals surface area contributed by atoms with E-state index in [1.807, 2.05) is 35.2 Å². The summed E-state index contributed by atoms with van der Waals surface area (Å²) in [6, 6.07) is 23.2. The van der Waals surface area contributed by atoms with Gasteiger partial charge in [-0.25, -0.2) is 4.39 Å².